The Morgan fingerprint density at radius 3 is 2.08 bits per heavy atom. The third-order valence-electron chi connectivity index (χ3n) is 3.84. The van der Waals surface area contributed by atoms with Crippen molar-refractivity contribution in [1.29, 1.82) is 0 Å². The number of sulfonamides is 2. The minimum absolute atomic E-state index is 0.0263. The van der Waals surface area contributed by atoms with Gasteiger partial charge in [0.05, 0.1) is 21.3 Å². The van der Waals surface area contributed by atoms with E-state index in [-0.39, 0.29) is 33.6 Å². The predicted octanol–water partition coefficient (Wildman–Crippen LogP) is -1.27. The summed E-state index contributed by atoms with van der Waals surface area (Å²) in [7, 11) is -9.68. The predicted molar refractivity (Wildman–Crippen MR) is 92.5 cm³/mol. The van der Waals surface area contributed by atoms with Crippen molar-refractivity contribution >= 4 is 35.8 Å². The number of amides is 1. The average molecular weight is 426 g/mol. The van der Waals surface area contributed by atoms with Gasteiger partial charge in [-0.1, -0.05) is 0 Å². The van der Waals surface area contributed by atoms with Gasteiger partial charge in [0, 0.05) is 6.42 Å². The van der Waals surface area contributed by atoms with E-state index in [1.807, 2.05) is 10.3 Å². The molecule has 1 aliphatic heterocycles. The van der Waals surface area contributed by atoms with E-state index < -0.39 is 35.8 Å². The van der Waals surface area contributed by atoms with E-state index in [2.05, 4.69) is 4.72 Å². The molecule has 0 bridgehead atoms. The Bertz CT molecular complexity index is 984. The minimum atomic E-state index is -4.10. The summed E-state index contributed by atoms with van der Waals surface area (Å²) in [6.07, 6.45) is 0.255. The van der Waals surface area contributed by atoms with E-state index in [0.29, 0.717) is 6.42 Å². The van der Waals surface area contributed by atoms with Crippen LogP contribution in [0.15, 0.2) is 34.1 Å². The van der Waals surface area contributed by atoms with Crippen molar-refractivity contribution in [2.75, 3.05) is 18.6 Å². The second-order valence-electron chi connectivity index (χ2n) is 5.81. The van der Waals surface area contributed by atoms with E-state index in [4.69, 9.17) is 0 Å². The summed E-state index contributed by atoms with van der Waals surface area (Å²) in [5.41, 5.74) is 2.03. The summed E-state index contributed by atoms with van der Waals surface area (Å²) in [6, 6.07) is 4.40. The van der Waals surface area contributed by atoms with Gasteiger partial charge in [0.15, 0.2) is 9.84 Å². The van der Waals surface area contributed by atoms with Crippen LogP contribution < -0.4 is 15.0 Å². The number of sulfone groups is 1. The Hall–Kier alpha value is -1.54. The largest absolute Gasteiger partial charge is 0.278 e. The van der Waals surface area contributed by atoms with Crippen molar-refractivity contribution in [2.24, 2.45) is 5.92 Å². The van der Waals surface area contributed by atoms with E-state index in [1.54, 1.807) is 0 Å². The van der Waals surface area contributed by atoms with Crippen molar-refractivity contribution in [2.45, 2.75) is 22.6 Å². The molecule has 146 valence electrons. The molecule has 1 atom stereocenters. The van der Waals surface area contributed by atoms with E-state index >= 15 is 0 Å². The zero-order valence-corrected chi connectivity index (χ0v) is 16.2. The van der Waals surface area contributed by atoms with Crippen LogP contribution in [0.3, 0.4) is 0 Å². The minimum Gasteiger partial charge on any atom is -0.278 e. The molecule has 1 aromatic carbocycles. The maximum Gasteiger partial charge on any atom is 0.257 e. The Morgan fingerprint density at radius 1 is 1.08 bits per heavy atom. The number of carbonyl (C=O) groups excluding carboxylic acids is 1. The van der Waals surface area contributed by atoms with Gasteiger partial charge < -0.3 is 0 Å². The van der Waals surface area contributed by atoms with Crippen molar-refractivity contribution in [3.63, 3.8) is 0 Å². The van der Waals surface area contributed by atoms with Gasteiger partial charge in [0.25, 0.3) is 10.0 Å². The number of hydrogen-bond donors (Lipinski definition) is 3. The molecule has 1 unspecified atom stereocenters. The number of benzene rings is 1. The quantitative estimate of drug-likeness (QED) is 0.460. The van der Waals surface area contributed by atoms with Crippen molar-refractivity contribution in [1.82, 2.24) is 15.0 Å². The highest BCUT2D eigenvalue weighted by Gasteiger charge is 2.29. The normalized spacial score (nSPS) is 20.0. The summed E-state index contributed by atoms with van der Waals surface area (Å²) in [6.45, 7) is 0. The molecule has 0 spiro atoms. The van der Waals surface area contributed by atoms with Crippen molar-refractivity contribution < 1.29 is 30.0 Å². The standard InChI is InChI=1S/C13H19N3O7S3/c1-14-25(20,21)11-2-4-12(5-3-11)26(22,23)16-15-13(17)8-10-6-7-24(18,19)9-10/h2-5,10,14,16H,6-9H2,1H3,(H,15,17). The van der Waals surface area contributed by atoms with Crippen LogP contribution in [0, 0.1) is 5.92 Å². The Balaban J connectivity index is 1.97. The molecule has 2 rings (SSSR count). The van der Waals surface area contributed by atoms with Crippen molar-refractivity contribution in [3.8, 4) is 0 Å². The fourth-order valence-corrected chi connectivity index (χ4v) is 5.90. The number of carbonyl (C=O) groups is 1. The molecule has 13 heteroatoms. The van der Waals surface area contributed by atoms with Gasteiger partial charge >= 0.3 is 0 Å². The monoisotopic (exact) mass is 425 g/mol. The van der Waals surface area contributed by atoms with Crippen LogP contribution in [-0.4, -0.2) is 49.7 Å². The first-order valence-corrected chi connectivity index (χ1v) is 12.3. The lowest BCUT2D eigenvalue weighted by Crippen LogP contribution is -2.42. The van der Waals surface area contributed by atoms with Crippen molar-refractivity contribution in [3.05, 3.63) is 24.3 Å². The highest BCUT2D eigenvalue weighted by molar-refractivity contribution is 7.91. The summed E-state index contributed by atoms with van der Waals surface area (Å²) < 4.78 is 72.3. The molecule has 0 aromatic heterocycles. The molecule has 0 aliphatic carbocycles. The summed E-state index contributed by atoms with van der Waals surface area (Å²) in [4.78, 5) is 13.3. The van der Waals surface area contributed by atoms with Crippen LogP contribution in [0.5, 0.6) is 0 Å². The second kappa shape index (κ2) is 7.60. The van der Waals surface area contributed by atoms with Gasteiger partial charge in [0.2, 0.25) is 15.9 Å². The highest BCUT2D eigenvalue weighted by Crippen LogP contribution is 2.21. The molecular weight excluding hydrogens is 406 g/mol. The maximum atomic E-state index is 12.1. The fourth-order valence-electron chi connectivity index (χ4n) is 2.45. The molecule has 1 aromatic rings. The number of hydrazine groups is 1. The van der Waals surface area contributed by atoms with Crippen LogP contribution in [0.2, 0.25) is 0 Å². The van der Waals surface area contributed by atoms with Gasteiger partial charge in [-0.25, -0.2) is 30.0 Å². The molecule has 1 amide bonds. The van der Waals surface area contributed by atoms with Crippen LogP contribution in [0.1, 0.15) is 12.8 Å². The lowest BCUT2D eigenvalue weighted by Gasteiger charge is -2.11. The molecule has 1 saturated heterocycles. The molecule has 1 heterocycles. The Morgan fingerprint density at radius 2 is 1.62 bits per heavy atom. The van der Waals surface area contributed by atoms with Gasteiger partial charge in [0.1, 0.15) is 0 Å². The first kappa shape index (κ1) is 20.8. The zero-order chi connectivity index (χ0) is 19.6. The SMILES string of the molecule is CNS(=O)(=O)c1ccc(S(=O)(=O)NNC(=O)CC2CCS(=O)(=O)C2)cc1. The van der Waals surface area contributed by atoms with Gasteiger partial charge in [-0.05, 0) is 43.7 Å². The lowest BCUT2D eigenvalue weighted by molar-refractivity contribution is -0.122. The number of rotatable bonds is 7. The molecule has 26 heavy (non-hydrogen) atoms. The molecular formula is C13H19N3O7S3. The number of nitrogens with one attached hydrogen (secondary N) is 3. The van der Waals surface area contributed by atoms with Gasteiger partial charge in [-0.15, -0.1) is 4.83 Å². The molecule has 1 aliphatic rings. The molecule has 0 saturated carbocycles. The highest BCUT2D eigenvalue weighted by atomic mass is 32.2. The Kier molecular flexibility index (Phi) is 6.07. The average Bonchev–Trinajstić information content (AvgIpc) is 2.91. The summed E-state index contributed by atoms with van der Waals surface area (Å²) in [5.74, 6) is -1.05. The van der Waals surface area contributed by atoms with Gasteiger partial charge in [-0.2, -0.15) is 0 Å². The zero-order valence-electron chi connectivity index (χ0n) is 13.8. The third-order valence-corrected chi connectivity index (χ3v) is 8.37. The van der Waals surface area contributed by atoms with Crippen LogP contribution >= 0.6 is 0 Å². The molecule has 10 nitrogen and oxygen atoms in total. The first-order chi connectivity index (χ1) is 12.0. The van der Waals surface area contributed by atoms with Gasteiger partial charge in [-0.3, -0.25) is 10.2 Å². The van der Waals surface area contributed by atoms with Crippen LogP contribution in [0.4, 0.5) is 0 Å². The smallest absolute Gasteiger partial charge is 0.257 e. The number of hydrogen-bond acceptors (Lipinski definition) is 7. The Labute approximate surface area is 152 Å². The van der Waals surface area contributed by atoms with E-state index in [1.165, 1.54) is 7.05 Å². The lowest BCUT2D eigenvalue weighted by atomic mass is 10.1. The van der Waals surface area contributed by atoms with Crippen LogP contribution in [-0.2, 0) is 34.7 Å². The maximum absolute atomic E-state index is 12.1. The molecule has 1 fully saturated rings. The summed E-state index contributed by atoms with van der Waals surface area (Å²) >= 11 is 0. The van der Waals surface area contributed by atoms with Crippen LogP contribution in [0.25, 0.3) is 0 Å². The van der Waals surface area contributed by atoms with E-state index in [9.17, 15) is 30.0 Å². The topological polar surface area (TPSA) is 156 Å². The molecule has 3 N–H and O–H groups in total. The first-order valence-electron chi connectivity index (χ1n) is 7.50. The summed E-state index contributed by atoms with van der Waals surface area (Å²) in [5, 5.41) is 0. The van der Waals surface area contributed by atoms with E-state index in [0.717, 1.165) is 24.3 Å². The second-order valence-corrected chi connectivity index (χ2v) is 11.6. The fraction of sp³-hybridized carbons (Fsp3) is 0.462. The molecule has 0 radical (unpaired) electrons. The third kappa shape index (κ3) is 5.23.